The van der Waals surface area contributed by atoms with Gasteiger partial charge in [-0.25, -0.2) is 9.97 Å². The second-order valence-electron chi connectivity index (χ2n) is 5.60. The van der Waals surface area contributed by atoms with E-state index in [0.717, 1.165) is 28.1 Å². The monoisotopic (exact) mass is 357 g/mol. The van der Waals surface area contributed by atoms with Gasteiger partial charge in [-0.1, -0.05) is 42.1 Å². The molecule has 0 aliphatic rings. The van der Waals surface area contributed by atoms with Crippen LogP contribution in [0.15, 0.2) is 53.1 Å². The number of nitrogens with zero attached hydrogens (tertiary/aromatic N) is 2. The van der Waals surface area contributed by atoms with E-state index in [9.17, 15) is 4.79 Å². The lowest BCUT2D eigenvalue weighted by Gasteiger charge is -2.13. The first-order chi connectivity index (χ1) is 11.7. The molecule has 0 fully saturated rings. The molecule has 0 radical (unpaired) electrons. The fraction of sp³-hybridized carbons (Fsp3) is 0.278. The minimum Gasteiger partial charge on any atom is -0.353 e. The average Bonchev–Trinajstić information content (AvgIpc) is 3.08. The van der Waals surface area contributed by atoms with Crippen molar-refractivity contribution in [2.45, 2.75) is 30.8 Å². The maximum absolute atomic E-state index is 12.1. The van der Waals surface area contributed by atoms with Crippen LogP contribution in [0, 0.1) is 0 Å². The van der Waals surface area contributed by atoms with Crippen molar-refractivity contribution in [1.29, 1.82) is 0 Å². The van der Waals surface area contributed by atoms with Crippen molar-refractivity contribution in [3.05, 3.63) is 53.7 Å². The molecule has 2 heterocycles. The molecule has 4 nitrogen and oxygen atoms in total. The minimum atomic E-state index is 0.0453. The predicted molar refractivity (Wildman–Crippen MR) is 101 cm³/mol. The number of aryl methyl sites for hydroxylation is 1. The third-order valence-electron chi connectivity index (χ3n) is 3.67. The molecular formula is C18H19N3OS2. The van der Waals surface area contributed by atoms with Crippen molar-refractivity contribution in [2.24, 2.45) is 0 Å². The molecule has 6 heteroatoms. The molecule has 1 aromatic carbocycles. The number of fused-ring (bicyclic) bond motifs is 1. The summed E-state index contributed by atoms with van der Waals surface area (Å²) >= 11 is 3.07. The molecule has 24 heavy (non-hydrogen) atoms. The van der Waals surface area contributed by atoms with Crippen molar-refractivity contribution >= 4 is 39.2 Å². The fourth-order valence-electron chi connectivity index (χ4n) is 2.42. The number of thiophene rings is 1. The summed E-state index contributed by atoms with van der Waals surface area (Å²) in [7, 11) is 0. The van der Waals surface area contributed by atoms with E-state index < -0.39 is 0 Å². The van der Waals surface area contributed by atoms with E-state index in [1.165, 1.54) is 17.3 Å². The number of hydrogen-bond acceptors (Lipinski definition) is 5. The Morgan fingerprint density at radius 1 is 1.25 bits per heavy atom. The van der Waals surface area contributed by atoms with Gasteiger partial charge < -0.3 is 5.32 Å². The van der Waals surface area contributed by atoms with Crippen LogP contribution < -0.4 is 5.32 Å². The molecule has 1 atom stereocenters. The third-order valence-corrected chi connectivity index (χ3v) is 5.70. The van der Waals surface area contributed by atoms with Gasteiger partial charge in [0, 0.05) is 6.04 Å². The topological polar surface area (TPSA) is 54.9 Å². The lowest BCUT2D eigenvalue weighted by atomic mass is 10.1. The molecule has 0 spiro atoms. The lowest BCUT2D eigenvalue weighted by Crippen LogP contribution is -2.34. The Morgan fingerprint density at radius 3 is 2.92 bits per heavy atom. The Labute approximate surface area is 149 Å². The standard InChI is InChI=1S/C18H19N3OS2/c1-13(7-8-14-5-3-2-4-6-14)21-16(22)11-24-18-17-15(9-10-23-17)19-12-20-18/h2-6,9-10,12-13H,7-8,11H2,1H3,(H,21,22). The number of nitrogens with one attached hydrogen (secondary N) is 1. The van der Waals surface area contributed by atoms with Crippen molar-refractivity contribution < 1.29 is 4.79 Å². The Kier molecular flexibility index (Phi) is 5.82. The molecule has 3 aromatic rings. The molecule has 0 saturated heterocycles. The molecule has 1 N–H and O–H groups in total. The van der Waals surface area contributed by atoms with Crippen LogP contribution in [-0.4, -0.2) is 27.7 Å². The predicted octanol–water partition coefficient (Wildman–Crippen LogP) is 3.92. The maximum atomic E-state index is 12.1. The molecule has 2 aromatic heterocycles. The van der Waals surface area contributed by atoms with E-state index in [2.05, 4.69) is 27.4 Å². The van der Waals surface area contributed by atoms with Gasteiger partial charge in [-0.05, 0) is 36.8 Å². The van der Waals surface area contributed by atoms with E-state index in [1.807, 2.05) is 36.6 Å². The SMILES string of the molecule is CC(CCc1ccccc1)NC(=O)CSc1ncnc2ccsc12. The van der Waals surface area contributed by atoms with E-state index >= 15 is 0 Å². The maximum Gasteiger partial charge on any atom is 0.230 e. The van der Waals surface area contributed by atoms with E-state index in [-0.39, 0.29) is 11.9 Å². The van der Waals surface area contributed by atoms with Gasteiger partial charge >= 0.3 is 0 Å². The van der Waals surface area contributed by atoms with Gasteiger partial charge in [-0.3, -0.25) is 4.79 Å². The largest absolute Gasteiger partial charge is 0.353 e. The summed E-state index contributed by atoms with van der Waals surface area (Å²) in [5.41, 5.74) is 2.24. The van der Waals surface area contributed by atoms with Gasteiger partial charge in [0.05, 0.1) is 16.0 Å². The first-order valence-corrected chi connectivity index (χ1v) is 9.73. The summed E-state index contributed by atoms with van der Waals surface area (Å²) in [5, 5.41) is 5.93. The molecule has 1 unspecified atom stereocenters. The van der Waals surface area contributed by atoms with Crippen LogP contribution in [0.3, 0.4) is 0 Å². The third kappa shape index (κ3) is 4.55. The van der Waals surface area contributed by atoms with Gasteiger partial charge in [-0.2, -0.15) is 0 Å². The lowest BCUT2D eigenvalue weighted by molar-refractivity contribution is -0.119. The number of rotatable bonds is 7. The van der Waals surface area contributed by atoms with Gasteiger partial charge in [0.15, 0.2) is 0 Å². The number of thioether (sulfide) groups is 1. The Bertz CT molecular complexity index is 804. The first kappa shape index (κ1) is 16.9. The molecule has 1 amide bonds. The summed E-state index contributed by atoms with van der Waals surface area (Å²) in [6.07, 6.45) is 3.46. The Hall–Kier alpha value is -1.92. The molecule has 0 aliphatic heterocycles. The van der Waals surface area contributed by atoms with Crippen LogP contribution in [-0.2, 0) is 11.2 Å². The summed E-state index contributed by atoms with van der Waals surface area (Å²) in [5.74, 6) is 0.420. The summed E-state index contributed by atoms with van der Waals surface area (Å²) in [4.78, 5) is 20.6. The van der Waals surface area contributed by atoms with E-state index in [4.69, 9.17) is 0 Å². The van der Waals surface area contributed by atoms with Crippen molar-refractivity contribution in [3.63, 3.8) is 0 Å². The van der Waals surface area contributed by atoms with Gasteiger partial charge in [0.2, 0.25) is 5.91 Å². The molecule has 124 valence electrons. The van der Waals surface area contributed by atoms with Gasteiger partial charge in [0.1, 0.15) is 11.4 Å². The summed E-state index contributed by atoms with van der Waals surface area (Å²) in [6.45, 7) is 2.05. The fourth-order valence-corrected chi connectivity index (χ4v) is 4.18. The smallest absolute Gasteiger partial charge is 0.230 e. The van der Waals surface area contributed by atoms with Crippen LogP contribution in [0.4, 0.5) is 0 Å². The number of hydrogen-bond donors (Lipinski definition) is 1. The molecule has 0 bridgehead atoms. The zero-order chi connectivity index (χ0) is 16.8. The van der Waals surface area contributed by atoms with Crippen molar-refractivity contribution in [3.8, 4) is 0 Å². The highest BCUT2D eigenvalue weighted by molar-refractivity contribution is 8.00. The zero-order valence-electron chi connectivity index (χ0n) is 13.4. The van der Waals surface area contributed by atoms with E-state index in [0.29, 0.717) is 5.75 Å². The second-order valence-corrected chi connectivity index (χ2v) is 7.48. The molecule has 0 aliphatic carbocycles. The highest BCUT2D eigenvalue weighted by Gasteiger charge is 2.11. The Morgan fingerprint density at radius 2 is 2.08 bits per heavy atom. The van der Waals surface area contributed by atoms with Crippen LogP contribution in [0.1, 0.15) is 18.9 Å². The van der Waals surface area contributed by atoms with Crippen LogP contribution in [0.2, 0.25) is 0 Å². The van der Waals surface area contributed by atoms with Crippen LogP contribution in [0.25, 0.3) is 10.2 Å². The zero-order valence-corrected chi connectivity index (χ0v) is 15.1. The normalized spacial score (nSPS) is 12.2. The van der Waals surface area contributed by atoms with Gasteiger partial charge in [0.25, 0.3) is 0 Å². The summed E-state index contributed by atoms with van der Waals surface area (Å²) in [6, 6.07) is 12.5. The highest BCUT2D eigenvalue weighted by Crippen LogP contribution is 2.28. The highest BCUT2D eigenvalue weighted by atomic mass is 32.2. The van der Waals surface area contributed by atoms with Crippen LogP contribution in [0.5, 0.6) is 0 Å². The summed E-state index contributed by atoms with van der Waals surface area (Å²) < 4.78 is 1.05. The number of aromatic nitrogens is 2. The minimum absolute atomic E-state index is 0.0453. The number of benzene rings is 1. The van der Waals surface area contributed by atoms with Crippen molar-refractivity contribution in [1.82, 2.24) is 15.3 Å². The molecule has 0 saturated carbocycles. The second kappa shape index (κ2) is 8.26. The van der Waals surface area contributed by atoms with Crippen molar-refractivity contribution in [2.75, 3.05) is 5.75 Å². The number of carbonyl (C=O) groups is 1. The van der Waals surface area contributed by atoms with E-state index in [1.54, 1.807) is 17.7 Å². The number of amides is 1. The molecular weight excluding hydrogens is 338 g/mol. The van der Waals surface area contributed by atoms with Gasteiger partial charge in [-0.15, -0.1) is 11.3 Å². The average molecular weight is 358 g/mol. The first-order valence-electron chi connectivity index (χ1n) is 7.86. The number of carbonyl (C=O) groups excluding carboxylic acids is 1. The van der Waals surface area contributed by atoms with Crippen LogP contribution >= 0.6 is 23.1 Å². The molecule has 3 rings (SSSR count). The Balaban J connectivity index is 1.46. The quantitative estimate of drug-likeness (QED) is 0.514.